The number of nitrogens with zero attached hydrogens (tertiary/aromatic N) is 2. The minimum absolute atomic E-state index is 0.00131. The third-order valence-corrected chi connectivity index (χ3v) is 3.72. The van der Waals surface area contributed by atoms with Gasteiger partial charge >= 0.3 is 6.18 Å². The molecular formula is C11H11BrF3N3O. The molecule has 0 atom stereocenters. The van der Waals surface area contributed by atoms with E-state index in [9.17, 15) is 18.0 Å². The predicted molar refractivity (Wildman–Crippen MR) is 68.0 cm³/mol. The van der Waals surface area contributed by atoms with Crippen molar-refractivity contribution in [2.75, 3.05) is 5.32 Å². The predicted octanol–water partition coefficient (Wildman–Crippen LogP) is 2.70. The lowest BCUT2D eigenvalue weighted by Gasteiger charge is -2.22. The van der Waals surface area contributed by atoms with E-state index in [4.69, 9.17) is 0 Å². The molecule has 0 aromatic carbocycles. The van der Waals surface area contributed by atoms with Crippen molar-refractivity contribution in [1.29, 1.82) is 0 Å². The summed E-state index contributed by atoms with van der Waals surface area (Å²) in [5.41, 5.74) is -2.36. The summed E-state index contributed by atoms with van der Waals surface area (Å²) in [6.07, 6.45) is -1.66. The first-order chi connectivity index (χ1) is 8.81. The van der Waals surface area contributed by atoms with Gasteiger partial charge in [-0.1, -0.05) is 6.08 Å². The molecule has 8 heteroatoms. The molecule has 0 saturated heterocycles. The summed E-state index contributed by atoms with van der Waals surface area (Å²) in [6.45, 7) is 3.67. The van der Waals surface area contributed by atoms with E-state index in [2.05, 4.69) is 32.9 Å². The summed E-state index contributed by atoms with van der Waals surface area (Å²) < 4.78 is 39.6. The van der Waals surface area contributed by atoms with Gasteiger partial charge in [-0.05, 0) is 28.8 Å². The van der Waals surface area contributed by atoms with Crippen molar-refractivity contribution >= 4 is 21.6 Å². The zero-order valence-corrected chi connectivity index (χ0v) is 11.4. The lowest BCUT2D eigenvalue weighted by Crippen LogP contribution is -2.39. The molecule has 1 saturated carbocycles. The van der Waals surface area contributed by atoms with E-state index in [1.54, 1.807) is 0 Å². The van der Waals surface area contributed by atoms with Crippen LogP contribution in [0.1, 0.15) is 12.8 Å². The Labute approximate surface area is 115 Å². The van der Waals surface area contributed by atoms with Crippen LogP contribution in [0.2, 0.25) is 0 Å². The monoisotopic (exact) mass is 337 g/mol. The van der Waals surface area contributed by atoms with Crippen LogP contribution in [0.4, 0.5) is 18.9 Å². The summed E-state index contributed by atoms with van der Waals surface area (Å²) in [4.78, 5) is 11.8. The topological polar surface area (TPSA) is 46.9 Å². The van der Waals surface area contributed by atoms with Crippen LogP contribution in [0.15, 0.2) is 28.1 Å². The molecular weight excluding hydrogens is 327 g/mol. The highest BCUT2D eigenvalue weighted by molar-refractivity contribution is 9.10. The van der Waals surface area contributed by atoms with Gasteiger partial charge in [-0.15, -0.1) is 6.58 Å². The first-order valence-electron chi connectivity index (χ1n) is 5.52. The van der Waals surface area contributed by atoms with Crippen LogP contribution in [0, 0.1) is 0 Å². The van der Waals surface area contributed by atoms with Crippen molar-refractivity contribution in [2.24, 2.45) is 0 Å². The van der Waals surface area contributed by atoms with Crippen molar-refractivity contribution < 1.29 is 13.2 Å². The Bertz CT molecular complexity index is 563. The van der Waals surface area contributed by atoms with E-state index in [1.807, 2.05) is 0 Å². The second kappa shape index (κ2) is 4.66. The Kier molecular flexibility index (Phi) is 3.46. The van der Waals surface area contributed by atoms with E-state index < -0.39 is 17.3 Å². The van der Waals surface area contributed by atoms with Gasteiger partial charge in [0.15, 0.2) is 0 Å². The van der Waals surface area contributed by atoms with Crippen LogP contribution in [-0.2, 0) is 6.54 Å². The van der Waals surface area contributed by atoms with Gasteiger partial charge in [0, 0.05) is 0 Å². The number of hydrogen-bond acceptors (Lipinski definition) is 3. The summed E-state index contributed by atoms with van der Waals surface area (Å²) in [6, 6.07) is 0. The first-order valence-corrected chi connectivity index (χ1v) is 6.31. The average Bonchev–Trinajstić information content (AvgIpc) is 3.09. The fourth-order valence-corrected chi connectivity index (χ4v) is 2.07. The zero-order chi connectivity index (χ0) is 14.3. The normalized spacial score (nSPS) is 17.1. The lowest BCUT2D eigenvalue weighted by molar-refractivity contribution is -0.151. The summed E-state index contributed by atoms with van der Waals surface area (Å²) in [5, 5.41) is 6.17. The molecule has 4 nitrogen and oxygen atoms in total. The Morgan fingerprint density at radius 3 is 2.68 bits per heavy atom. The Hall–Kier alpha value is -1.31. The molecule has 0 aliphatic heterocycles. The van der Waals surface area contributed by atoms with Gasteiger partial charge in [0.05, 0.1) is 18.4 Å². The maximum absolute atomic E-state index is 12.8. The number of alkyl halides is 3. The molecule has 19 heavy (non-hydrogen) atoms. The van der Waals surface area contributed by atoms with Crippen molar-refractivity contribution in [3.05, 3.63) is 33.7 Å². The fraction of sp³-hybridized carbons (Fsp3) is 0.455. The van der Waals surface area contributed by atoms with Gasteiger partial charge in [-0.25, -0.2) is 4.68 Å². The lowest BCUT2D eigenvalue weighted by atomic mass is 10.2. The number of allylic oxidation sites excluding steroid dienone is 1. The van der Waals surface area contributed by atoms with Crippen molar-refractivity contribution in [2.45, 2.75) is 31.1 Å². The van der Waals surface area contributed by atoms with Crippen LogP contribution in [0.3, 0.4) is 0 Å². The zero-order valence-electron chi connectivity index (χ0n) is 9.80. The highest BCUT2D eigenvalue weighted by Gasteiger charge is 2.63. The molecule has 0 unspecified atom stereocenters. The molecule has 104 valence electrons. The number of rotatable bonds is 4. The molecule has 1 aliphatic rings. The third kappa shape index (κ3) is 2.54. The van der Waals surface area contributed by atoms with Crippen LogP contribution >= 0.6 is 15.9 Å². The minimum Gasteiger partial charge on any atom is -0.369 e. The Morgan fingerprint density at radius 1 is 1.58 bits per heavy atom. The average molecular weight is 338 g/mol. The van der Waals surface area contributed by atoms with Gasteiger partial charge in [-0.3, -0.25) is 4.79 Å². The van der Waals surface area contributed by atoms with Crippen LogP contribution in [0.5, 0.6) is 0 Å². The number of aromatic nitrogens is 2. The van der Waals surface area contributed by atoms with Crippen molar-refractivity contribution in [1.82, 2.24) is 9.78 Å². The Balaban J connectivity index is 2.31. The number of hydrogen-bond donors (Lipinski definition) is 1. The molecule has 1 aromatic rings. The van der Waals surface area contributed by atoms with E-state index in [-0.39, 0.29) is 29.5 Å². The molecule has 1 heterocycles. The molecule has 0 spiro atoms. The summed E-state index contributed by atoms with van der Waals surface area (Å²) >= 11 is 3.01. The van der Waals surface area contributed by atoms with Gasteiger partial charge in [-0.2, -0.15) is 18.3 Å². The SMILES string of the molecule is C=CCn1ncc(NC2(C(F)(F)F)CC2)c(Br)c1=O. The second-order valence-electron chi connectivity index (χ2n) is 4.35. The van der Waals surface area contributed by atoms with Gasteiger partial charge in [0.1, 0.15) is 10.0 Å². The molecule has 1 aliphatic carbocycles. The number of halogens is 4. The van der Waals surface area contributed by atoms with Gasteiger partial charge in [0.2, 0.25) is 0 Å². The Morgan fingerprint density at radius 2 is 2.21 bits per heavy atom. The van der Waals surface area contributed by atoms with Crippen LogP contribution in [0.25, 0.3) is 0 Å². The molecule has 1 aromatic heterocycles. The quantitative estimate of drug-likeness (QED) is 0.859. The third-order valence-electron chi connectivity index (χ3n) is 2.95. The summed E-state index contributed by atoms with van der Waals surface area (Å²) in [5.74, 6) is 0. The largest absolute Gasteiger partial charge is 0.411 e. The number of nitrogens with one attached hydrogen (secondary N) is 1. The van der Waals surface area contributed by atoms with Crippen LogP contribution in [-0.4, -0.2) is 21.5 Å². The summed E-state index contributed by atoms with van der Waals surface area (Å²) in [7, 11) is 0. The highest BCUT2D eigenvalue weighted by Crippen LogP contribution is 2.51. The van der Waals surface area contributed by atoms with E-state index in [0.717, 1.165) is 4.68 Å². The minimum atomic E-state index is -4.34. The molecule has 0 bridgehead atoms. The van der Waals surface area contributed by atoms with Crippen LogP contribution < -0.4 is 10.9 Å². The first kappa shape index (κ1) is 14.1. The van der Waals surface area contributed by atoms with Gasteiger partial charge < -0.3 is 5.32 Å². The molecule has 0 amide bonds. The maximum Gasteiger partial charge on any atom is 0.411 e. The second-order valence-corrected chi connectivity index (χ2v) is 5.15. The fourth-order valence-electron chi connectivity index (χ4n) is 1.67. The molecule has 1 fully saturated rings. The standard InChI is InChI=1S/C11H11BrF3N3O/c1-2-5-18-9(19)8(12)7(6-16-18)17-10(3-4-10)11(13,14)15/h2,6,17H,1,3-5H2. The molecule has 2 rings (SSSR count). The van der Waals surface area contributed by atoms with Gasteiger partial charge in [0.25, 0.3) is 5.56 Å². The number of anilines is 1. The van der Waals surface area contributed by atoms with Crippen molar-refractivity contribution in [3.8, 4) is 0 Å². The smallest absolute Gasteiger partial charge is 0.369 e. The molecule has 1 N–H and O–H groups in total. The van der Waals surface area contributed by atoms with Crippen molar-refractivity contribution in [3.63, 3.8) is 0 Å². The highest BCUT2D eigenvalue weighted by atomic mass is 79.9. The van der Waals surface area contributed by atoms with E-state index in [0.29, 0.717) is 0 Å². The van der Waals surface area contributed by atoms with E-state index >= 15 is 0 Å². The maximum atomic E-state index is 12.8. The van der Waals surface area contributed by atoms with E-state index in [1.165, 1.54) is 12.3 Å². The molecule has 0 radical (unpaired) electrons.